The largest absolute Gasteiger partial charge is 0.353 e. The molecule has 0 saturated heterocycles. The summed E-state index contributed by atoms with van der Waals surface area (Å²) in [6, 6.07) is 0. The van der Waals surface area contributed by atoms with E-state index in [2.05, 4.69) is 129 Å². The Morgan fingerprint density at radius 1 is 0.277 bits per heavy atom. The predicted molar refractivity (Wildman–Crippen MR) is 299 cm³/mol. The molecule has 0 aromatic carbocycles. The Morgan fingerprint density at radius 3 is 0.769 bits per heavy atom. The van der Waals surface area contributed by atoms with Crippen LogP contribution in [-0.2, 0) is 14.2 Å². The molecule has 14 atom stereocenters. The van der Waals surface area contributed by atoms with Gasteiger partial charge in [0.05, 0.1) is 0 Å². The highest BCUT2D eigenvalue weighted by Crippen LogP contribution is 2.32. The molecule has 392 valence electrons. The molecule has 5 heteroatoms. The first-order valence-corrected chi connectivity index (χ1v) is 31.3. The van der Waals surface area contributed by atoms with Crippen LogP contribution < -0.4 is 0 Å². The average Bonchev–Trinajstić information content (AvgIpc) is 3.20. The molecule has 0 amide bonds. The van der Waals surface area contributed by atoms with E-state index in [-0.39, 0.29) is 12.6 Å². The molecular formula is C60H120Br2O3. The van der Waals surface area contributed by atoms with Gasteiger partial charge in [0.25, 0.3) is 0 Å². The van der Waals surface area contributed by atoms with E-state index in [1.807, 2.05) is 0 Å². The Balaban J connectivity index is 5.12. The second-order valence-corrected chi connectivity index (χ2v) is 25.6. The monoisotopic (exact) mass is 1050 g/mol. The summed E-state index contributed by atoms with van der Waals surface area (Å²) in [6.45, 7) is 36.1. The number of unbranched alkanes of at least 4 members (excludes halogenated alkanes) is 6. The van der Waals surface area contributed by atoms with E-state index >= 15 is 0 Å². The minimum absolute atomic E-state index is 0.162. The van der Waals surface area contributed by atoms with Crippen molar-refractivity contribution in [2.24, 2.45) is 71.0 Å². The highest BCUT2D eigenvalue weighted by Gasteiger charge is 2.22. The molecule has 0 bridgehead atoms. The predicted octanol–water partition coefficient (Wildman–Crippen LogP) is 21.1. The van der Waals surface area contributed by atoms with Gasteiger partial charge in [0.1, 0.15) is 0 Å². The smallest absolute Gasteiger partial charge is 0.160 e. The van der Waals surface area contributed by atoms with Gasteiger partial charge in [-0.3, -0.25) is 0 Å². The van der Waals surface area contributed by atoms with Crippen LogP contribution >= 0.6 is 31.9 Å². The van der Waals surface area contributed by atoms with Crippen LogP contribution in [0.1, 0.15) is 277 Å². The van der Waals surface area contributed by atoms with Gasteiger partial charge in [-0.1, -0.05) is 180 Å². The minimum atomic E-state index is -0.162. The third-order valence-electron chi connectivity index (χ3n) is 14.9. The van der Waals surface area contributed by atoms with E-state index in [9.17, 15) is 0 Å². The topological polar surface area (TPSA) is 27.7 Å². The summed E-state index contributed by atoms with van der Waals surface area (Å²) in [6.07, 6.45) is 35.3. The number of rotatable bonds is 48. The number of hydrogen-bond donors (Lipinski definition) is 0. The minimum Gasteiger partial charge on any atom is -0.353 e. The molecule has 14 unspecified atom stereocenters. The molecule has 0 aromatic rings. The molecule has 0 radical (unpaired) electrons. The Labute approximate surface area is 427 Å². The molecule has 0 aliphatic rings. The van der Waals surface area contributed by atoms with Gasteiger partial charge in [-0.05, 0) is 199 Å². The van der Waals surface area contributed by atoms with Crippen LogP contribution in [0.25, 0.3) is 0 Å². The van der Waals surface area contributed by atoms with Gasteiger partial charge in [-0.15, -0.1) is 0 Å². The number of ether oxygens (including phenoxy) is 3. The van der Waals surface area contributed by atoms with Gasteiger partial charge < -0.3 is 14.2 Å². The molecule has 0 fully saturated rings. The highest BCUT2D eigenvalue weighted by molar-refractivity contribution is 9.09. The summed E-state index contributed by atoms with van der Waals surface area (Å²) >= 11 is 7.23. The first-order chi connectivity index (χ1) is 31.0. The Kier molecular flexibility index (Phi) is 44.2. The molecule has 3 nitrogen and oxygen atoms in total. The van der Waals surface area contributed by atoms with Crippen molar-refractivity contribution in [3.63, 3.8) is 0 Å². The fraction of sp³-hybridized carbons (Fsp3) is 1.00. The third kappa shape index (κ3) is 41.2. The molecule has 0 aliphatic carbocycles. The van der Waals surface area contributed by atoms with Crippen molar-refractivity contribution in [3.8, 4) is 0 Å². The SMILES string of the molecule is CCCCCCOC(CCCC(C)CC(C)CC(C)CC(C)CC(C)CC(C)CCCBr)OC(CCCC(C)CC(C)CC(C)CC(C)CC(C)CC(C)CCCBr)OCCCCCC. The summed E-state index contributed by atoms with van der Waals surface area (Å²) in [7, 11) is 0. The molecule has 0 saturated carbocycles. The standard InChI is InChI=1S/C60H120Br2O3/c1-15-17-19-21-35-63-59(31-23-27-47(3)37-51(7)41-55(11)45-57(13)43-53(9)39-49(5)29-25-33-61)65-60(64-36-22-20-18-16-2)32-24-28-48(4)38-52(8)42-56(12)46-58(14)44-54(10)40-50(6)30-26-34-62/h47-60H,15-46H2,1-14H3. The summed E-state index contributed by atoms with van der Waals surface area (Å²) < 4.78 is 20.0. The molecule has 0 aromatic heterocycles. The second kappa shape index (κ2) is 43.6. The highest BCUT2D eigenvalue weighted by atomic mass is 79.9. The zero-order valence-corrected chi connectivity index (χ0v) is 49.9. The fourth-order valence-electron chi connectivity index (χ4n) is 12.3. The molecule has 0 spiro atoms. The average molecular weight is 1050 g/mol. The van der Waals surface area contributed by atoms with E-state index < -0.39 is 0 Å². The van der Waals surface area contributed by atoms with Crippen LogP contribution in [0.5, 0.6) is 0 Å². The quantitative estimate of drug-likeness (QED) is 0.0345. The maximum absolute atomic E-state index is 6.85. The number of halogens is 2. The molecule has 0 rings (SSSR count). The maximum atomic E-state index is 6.85. The van der Waals surface area contributed by atoms with Gasteiger partial charge in [0, 0.05) is 23.9 Å². The first kappa shape index (κ1) is 65.8. The van der Waals surface area contributed by atoms with Crippen LogP contribution in [0, 0.1) is 71.0 Å². The van der Waals surface area contributed by atoms with Crippen LogP contribution in [0.4, 0.5) is 0 Å². The van der Waals surface area contributed by atoms with Crippen molar-refractivity contribution >= 4 is 31.9 Å². The zero-order chi connectivity index (χ0) is 48.8. The van der Waals surface area contributed by atoms with Gasteiger partial charge in [-0.25, -0.2) is 0 Å². The van der Waals surface area contributed by atoms with Crippen LogP contribution in [-0.4, -0.2) is 36.5 Å². The lowest BCUT2D eigenvalue weighted by Crippen LogP contribution is -2.28. The number of hydrogen-bond acceptors (Lipinski definition) is 3. The van der Waals surface area contributed by atoms with Gasteiger partial charge in [0.15, 0.2) is 12.6 Å². The Bertz CT molecular complexity index is 919. The molecule has 0 heterocycles. The van der Waals surface area contributed by atoms with E-state index in [0.717, 1.165) is 133 Å². The van der Waals surface area contributed by atoms with Crippen molar-refractivity contribution in [1.82, 2.24) is 0 Å². The molecule has 0 N–H and O–H groups in total. The van der Waals surface area contributed by atoms with Crippen LogP contribution in [0.15, 0.2) is 0 Å². The van der Waals surface area contributed by atoms with Crippen LogP contribution in [0.2, 0.25) is 0 Å². The lowest BCUT2D eigenvalue weighted by atomic mass is 9.81. The summed E-state index contributed by atoms with van der Waals surface area (Å²) in [5.74, 6) is 9.69. The zero-order valence-electron chi connectivity index (χ0n) is 46.7. The normalized spacial score (nSPS) is 18.8. The third-order valence-corrected chi connectivity index (χ3v) is 16.0. The summed E-state index contributed by atoms with van der Waals surface area (Å²) in [5, 5.41) is 2.29. The van der Waals surface area contributed by atoms with Crippen molar-refractivity contribution < 1.29 is 14.2 Å². The van der Waals surface area contributed by atoms with E-state index in [0.29, 0.717) is 0 Å². The fourth-order valence-corrected chi connectivity index (χ4v) is 12.9. The molecule has 65 heavy (non-hydrogen) atoms. The van der Waals surface area contributed by atoms with E-state index in [1.165, 1.54) is 141 Å². The molecular weight excluding hydrogens is 928 g/mol. The Morgan fingerprint density at radius 2 is 0.523 bits per heavy atom. The maximum Gasteiger partial charge on any atom is 0.160 e. The van der Waals surface area contributed by atoms with Crippen molar-refractivity contribution in [2.75, 3.05) is 23.9 Å². The van der Waals surface area contributed by atoms with Gasteiger partial charge in [-0.2, -0.15) is 0 Å². The first-order valence-electron chi connectivity index (χ1n) is 29.0. The van der Waals surface area contributed by atoms with E-state index in [1.54, 1.807) is 0 Å². The summed E-state index contributed by atoms with van der Waals surface area (Å²) in [5.41, 5.74) is 0. The van der Waals surface area contributed by atoms with Crippen LogP contribution in [0.3, 0.4) is 0 Å². The lowest BCUT2D eigenvalue weighted by molar-refractivity contribution is -0.250. The van der Waals surface area contributed by atoms with Gasteiger partial charge >= 0.3 is 0 Å². The van der Waals surface area contributed by atoms with Gasteiger partial charge in [0.2, 0.25) is 0 Å². The number of alkyl halides is 2. The van der Waals surface area contributed by atoms with Crippen molar-refractivity contribution in [2.45, 2.75) is 289 Å². The lowest BCUT2D eigenvalue weighted by Gasteiger charge is -2.27. The van der Waals surface area contributed by atoms with E-state index in [4.69, 9.17) is 14.2 Å². The summed E-state index contributed by atoms with van der Waals surface area (Å²) in [4.78, 5) is 0. The van der Waals surface area contributed by atoms with Crippen molar-refractivity contribution in [1.29, 1.82) is 0 Å². The molecule has 0 aliphatic heterocycles. The Hall–Kier alpha value is 0.840. The second-order valence-electron chi connectivity index (χ2n) is 24.0. The van der Waals surface area contributed by atoms with Crippen molar-refractivity contribution in [3.05, 3.63) is 0 Å².